The number of carbonyl (C=O) groups excluding carboxylic acids is 2. The number of rotatable bonds is 2. The maximum absolute atomic E-state index is 13.6. The molecule has 1 aliphatic rings. The van der Waals surface area contributed by atoms with Gasteiger partial charge in [0.2, 0.25) is 5.91 Å². The van der Waals surface area contributed by atoms with Gasteiger partial charge in [0.25, 0.3) is 5.91 Å². The Balaban J connectivity index is 2.03. The third kappa shape index (κ3) is 3.32. The van der Waals surface area contributed by atoms with E-state index in [9.17, 15) is 14.0 Å². The van der Waals surface area contributed by atoms with Crippen LogP contribution < -0.4 is 5.32 Å². The van der Waals surface area contributed by atoms with Gasteiger partial charge < -0.3 is 10.2 Å². The first kappa shape index (κ1) is 14.0. The van der Waals surface area contributed by atoms with Gasteiger partial charge in [-0.1, -0.05) is 15.9 Å². The van der Waals surface area contributed by atoms with Crippen molar-refractivity contribution in [2.45, 2.75) is 18.9 Å². The van der Waals surface area contributed by atoms with Crippen LogP contribution in [0.1, 0.15) is 23.2 Å². The van der Waals surface area contributed by atoms with Crippen LogP contribution in [-0.4, -0.2) is 36.3 Å². The molecule has 0 spiro atoms. The fraction of sp³-hybridized carbons (Fsp3) is 0.385. The summed E-state index contributed by atoms with van der Waals surface area (Å²) in [5.41, 5.74) is 0.0164. The molecule has 1 saturated heterocycles. The van der Waals surface area contributed by atoms with Crippen LogP contribution in [0.3, 0.4) is 0 Å². The average Bonchev–Trinajstić information content (AvgIpc) is 2.33. The van der Waals surface area contributed by atoms with Crippen molar-refractivity contribution in [2.24, 2.45) is 0 Å². The van der Waals surface area contributed by atoms with Crippen molar-refractivity contribution >= 4 is 27.7 Å². The predicted molar refractivity (Wildman–Crippen MR) is 72.2 cm³/mol. The standard InChI is InChI=1S/C13H14BrFN2O2/c1-17-7-9(3-5-12(17)18)16-13(19)10-4-2-8(14)6-11(10)15/h2,4,6,9H,3,5,7H2,1H3,(H,16,19). The summed E-state index contributed by atoms with van der Waals surface area (Å²) in [6.07, 6.45) is 0.997. The van der Waals surface area contributed by atoms with Gasteiger partial charge in [-0.2, -0.15) is 0 Å². The Kier molecular flexibility index (Phi) is 4.19. The van der Waals surface area contributed by atoms with Crippen LogP contribution in [0.15, 0.2) is 22.7 Å². The van der Waals surface area contributed by atoms with Crippen LogP contribution in [-0.2, 0) is 4.79 Å². The molecule has 2 amide bonds. The summed E-state index contributed by atoms with van der Waals surface area (Å²) in [5.74, 6) is -0.940. The minimum absolute atomic E-state index is 0.0164. The normalized spacial score (nSPS) is 19.4. The van der Waals surface area contributed by atoms with Crippen LogP contribution in [0.25, 0.3) is 0 Å². The molecular formula is C13H14BrFN2O2. The third-order valence-corrected chi connectivity index (χ3v) is 3.63. The van der Waals surface area contributed by atoms with Crippen molar-refractivity contribution in [1.82, 2.24) is 10.2 Å². The summed E-state index contributed by atoms with van der Waals surface area (Å²) in [6.45, 7) is 0.461. The first-order valence-corrected chi connectivity index (χ1v) is 6.76. The SMILES string of the molecule is CN1CC(NC(=O)c2ccc(Br)cc2F)CCC1=O. The highest BCUT2D eigenvalue weighted by atomic mass is 79.9. The fourth-order valence-electron chi connectivity index (χ4n) is 2.07. The van der Waals surface area contributed by atoms with Crippen molar-refractivity contribution < 1.29 is 14.0 Å². The Labute approximate surface area is 119 Å². The van der Waals surface area contributed by atoms with E-state index < -0.39 is 11.7 Å². The molecule has 0 aromatic heterocycles. The minimum Gasteiger partial charge on any atom is -0.347 e. The van der Waals surface area contributed by atoms with E-state index in [-0.39, 0.29) is 17.5 Å². The molecule has 1 fully saturated rings. The maximum atomic E-state index is 13.6. The van der Waals surface area contributed by atoms with Crippen LogP contribution in [0.4, 0.5) is 4.39 Å². The van der Waals surface area contributed by atoms with Crippen molar-refractivity contribution in [2.75, 3.05) is 13.6 Å². The summed E-state index contributed by atoms with van der Waals surface area (Å²) >= 11 is 3.14. The number of likely N-dealkylation sites (tertiary alicyclic amines) is 1. The summed E-state index contributed by atoms with van der Waals surface area (Å²) in [5, 5.41) is 2.76. The van der Waals surface area contributed by atoms with Crippen molar-refractivity contribution in [3.63, 3.8) is 0 Å². The van der Waals surface area contributed by atoms with Gasteiger partial charge >= 0.3 is 0 Å². The summed E-state index contributed by atoms with van der Waals surface area (Å²) in [6, 6.07) is 4.19. The number of halogens is 2. The molecule has 0 saturated carbocycles. The Hall–Kier alpha value is -1.43. The molecule has 102 valence electrons. The Morgan fingerprint density at radius 3 is 2.89 bits per heavy atom. The second-order valence-corrected chi connectivity index (χ2v) is 5.52. The molecule has 1 N–H and O–H groups in total. The highest BCUT2D eigenvalue weighted by molar-refractivity contribution is 9.10. The maximum Gasteiger partial charge on any atom is 0.254 e. The molecule has 0 aliphatic carbocycles. The van der Waals surface area contributed by atoms with Crippen molar-refractivity contribution in [3.05, 3.63) is 34.1 Å². The number of amides is 2. The zero-order valence-electron chi connectivity index (χ0n) is 10.5. The third-order valence-electron chi connectivity index (χ3n) is 3.14. The minimum atomic E-state index is -0.563. The van der Waals surface area contributed by atoms with E-state index in [1.165, 1.54) is 12.1 Å². The lowest BCUT2D eigenvalue weighted by molar-refractivity contribution is -0.132. The van der Waals surface area contributed by atoms with Crippen LogP contribution in [0, 0.1) is 5.82 Å². The number of nitrogens with zero attached hydrogens (tertiary/aromatic N) is 1. The quantitative estimate of drug-likeness (QED) is 0.901. The molecule has 4 nitrogen and oxygen atoms in total. The lowest BCUT2D eigenvalue weighted by Crippen LogP contribution is -2.48. The average molecular weight is 329 g/mol. The van der Waals surface area contributed by atoms with Gasteiger partial charge in [0, 0.05) is 30.5 Å². The summed E-state index contributed by atoms with van der Waals surface area (Å²) in [7, 11) is 1.70. The molecule has 0 radical (unpaired) electrons. The van der Waals surface area contributed by atoms with Gasteiger partial charge in [-0.05, 0) is 24.6 Å². The number of benzene rings is 1. The van der Waals surface area contributed by atoms with Gasteiger partial charge in [-0.3, -0.25) is 9.59 Å². The van der Waals surface area contributed by atoms with Crippen molar-refractivity contribution in [1.29, 1.82) is 0 Å². The van der Waals surface area contributed by atoms with Crippen molar-refractivity contribution in [3.8, 4) is 0 Å². The molecule has 2 rings (SSSR count). The Morgan fingerprint density at radius 2 is 2.26 bits per heavy atom. The Bertz CT molecular complexity index is 521. The van der Waals surface area contributed by atoms with Crippen LogP contribution in [0.2, 0.25) is 0 Å². The number of carbonyl (C=O) groups is 2. The van der Waals surface area contributed by atoms with Gasteiger partial charge in [0.05, 0.1) is 5.56 Å². The van der Waals surface area contributed by atoms with E-state index in [2.05, 4.69) is 21.2 Å². The topological polar surface area (TPSA) is 49.4 Å². The lowest BCUT2D eigenvalue weighted by atomic mass is 10.0. The first-order chi connectivity index (χ1) is 8.97. The first-order valence-electron chi connectivity index (χ1n) is 5.97. The zero-order valence-corrected chi connectivity index (χ0v) is 12.0. The molecule has 19 heavy (non-hydrogen) atoms. The number of nitrogens with one attached hydrogen (secondary N) is 1. The molecule has 1 aromatic carbocycles. The molecule has 1 heterocycles. The Morgan fingerprint density at radius 1 is 1.53 bits per heavy atom. The van der Waals surface area contributed by atoms with E-state index in [0.29, 0.717) is 23.9 Å². The number of hydrogen-bond acceptors (Lipinski definition) is 2. The van der Waals surface area contributed by atoms with E-state index in [1.54, 1.807) is 18.0 Å². The number of piperidine rings is 1. The second kappa shape index (κ2) is 5.69. The van der Waals surface area contributed by atoms with Gasteiger partial charge in [-0.25, -0.2) is 4.39 Å². The van der Waals surface area contributed by atoms with E-state index >= 15 is 0 Å². The summed E-state index contributed by atoms with van der Waals surface area (Å²) < 4.78 is 14.2. The fourth-order valence-corrected chi connectivity index (χ4v) is 2.40. The van der Waals surface area contributed by atoms with E-state index in [4.69, 9.17) is 0 Å². The molecule has 1 atom stereocenters. The molecule has 1 aromatic rings. The van der Waals surface area contributed by atoms with Gasteiger partial charge in [0.15, 0.2) is 0 Å². The molecule has 0 bridgehead atoms. The number of hydrogen-bond donors (Lipinski definition) is 1. The smallest absolute Gasteiger partial charge is 0.254 e. The molecule has 1 aliphatic heterocycles. The highest BCUT2D eigenvalue weighted by Gasteiger charge is 2.25. The van der Waals surface area contributed by atoms with E-state index in [0.717, 1.165) is 0 Å². The van der Waals surface area contributed by atoms with Crippen LogP contribution in [0.5, 0.6) is 0 Å². The van der Waals surface area contributed by atoms with Gasteiger partial charge in [0.1, 0.15) is 5.82 Å². The predicted octanol–water partition coefficient (Wildman–Crippen LogP) is 1.94. The second-order valence-electron chi connectivity index (χ2n) is 4.61. The number of likely N-dealkylation sites (N-methyl/N-ethyl adjacent to an activating group) is 1. The van der Waals surface area contributed by atoms with Gasteiger partial charge in [-0.15, -0.1) is 0 Å². The lowest BCUT2D eigenvalue weighted by Gasteiger charge is -2.30. The zero-order chi connectivity index (χ0) is 14.0. The van der Waals surface area contributed by atoms with E-state index in [1.807, 2.05) is 0 Å². The molecular weight excluding hydrogens is 315 g/mol. The summed E-state index contributed by atoms with van der Waals surface area (Å²) in [4.78, 5) is 24.9. The monoisotopic (exact) mass is 328 g/mol. The molecule has 1 unspecified atom stereocenters. The molecule has 6 heteroatoms. The largest absolute Gasteiger partial charge is 0.347 e. The van der Waals surface area contributed by atoms with Crippen LogP contribution >= 0.6 is 15.9 Å². The highest BCUT2D eigenvalue weighted by Crippen LogP contribution is 2.16.